The number of ether oxygens (including phenoxy) is 1. The Balaban J connectivity index is 1.33. The van der Waals surface area contributed by atoms with Gasteiger partial charge in [-0.15, -0.1) is 0 Å². The maximum absolute atomic E-state index is 13.8. The van der Waals surface area contributed by atoms with Crippen molar-refractivity contribution >= 4 is 39.9 Å². The number of aromatic hydroxyl groups is 1. The summed E-state index contributed by atoms with van der Waals surface area (Å²) < 4.78 is 4.87. The van der Waals surface area contributed by atoms with E-state index in [2.05, 4.69) is 17.1 Å². The summed E-state index contributed by atoms with van der Waals surface area (Å²) in [6, 6.07) is 42.3. The number of esters is 1. The molecule has 6 aromatic rings. The van der Waals surface area contributed by atoms with Crippen LogP contribution in [0.5, 0.6) is 5.88 Å². The van der Waals surface area contributed by atoms with Crippen LogP contribution in [0.2, 0.25) is 0 Å². The molecular weight excluding hydrogens is 600 g/mol. The Morgan fingerprint density at radius 3 is 1.98 bits per heavy atom. The first-order valence-corrected chi connectivity index (χ1v) is 15.6. The Bertz CT molecular complexity index is 2040. The van der Waals surface area contributed by atoms with Crippen molar-refractivity contribution in [3.8, 4) is 5.88 Å². The average molecular weight is 637 g/mol. The average Bonchev–Trinajstić information content (AvgIpc) is 3.45. The van der Waals surface area contributed by atoms with Gasteiger partial charge < -0.3 is 19.7 Å². The van der Waals surface area contributed by atoms with Crippen LogP contribution in [0.1, 0.15) is 32.6 Å². The van der Waals surface area contributed by atoms with Gasteiger partial charge in [0.1, 0.15) is 0 Å². The van der Waals surface area contributed by atoms with Gasteiger partial charge in [-0.3, -0.25) is 9.69 Å². The molecule has 0 atom stereocenters. The zero-order valence-electron chi connectivity index (χ0n) is 26.8. The summed E-state index contributed by atoms with van der Waals surface area (Å²) in [4.78, 5) is 37.8. The van der Waals surface area contributed by atoms with Crippen LogP contribution in [0, 0.1) is 0 Å². The highest BCUT2D eigenvalue weighted by molar-refractivity contribution is 6.22. The summed E-state index contributed by atoms with van der Waals surface area (Å²) in [7, 11) is 3.28. The number of aromatic amines is 1. The minimum Gasteiger partial charge on any atom is -0.494 e. The van der Waals surface area contributed by atoms with Crippen molar-refractivity contribution in [3.63, 3.8) is 0 Å². The SMILES string of the molecule is COC(=O)c1ccc2c(C(=Nc3ccc(N(Cc4ccccc4)C(=O)CN(C)Cc4ccccc4)cc3)c3ccccc3)c(O)[nH]c2c1. The predicted molar refractivity (Wildman–Crippen MR) is 190 cm³/mol. The van der Waals surface area contributed by atoms with E-state index in [4.69, 9.17) is 9.73 Å². The van der Waals surface area contributed by atoms with E-state index in [9.17, 15) is 14.7 Å². The molecule has 8 nitrogen and oxygen atoms in total. The normalized spacial score (nSPS) is 11.5. The van der Waals surface area contributed by atoms with Crippen LogP contribution in [0.15, 0.2) is 138 Å². The quantitative estimate of drug-likeness (QED) is 0.113. The molecule has 0 spiro atoms. The van der Waals surface area contributed by atoms with Crippen molar-refractivity contribution < 1.29 is 19.4 Å². The molecule has 0 saturated carbocycles. The fraction of sp³-hybridized carbons (Fsp3) is 0.125. The summed E-state index contributed by atoms with van der Waals surface area (Å²) in [6.07, 6.45) is 0. The van der Waals surface area contributed by atoms with Crippen LogP contribution in [0.4, 0.5) is 11.4 Å². The molecule has 0 radical (unpaired) electrons. The monoisotopic (exact) mass is 636 g/mol. The summed E-state index contributed by atoms with van der Waals surface area (Å²) >= 11 is 0. The number of methoxy groups -OCH3 is 1. The Labute approximate surface area is 279 Å². The summed E-state index contributed by atoms with van der Waals surface area (Å²) in [6.45, 7) is 1.33. The van der Waals surface area contributed by atoms with Gasteiger partial charge in [0.2, 0.25) is 5.91 Å². The van der Waals surface area contributed by atoms with Gasteiger partial charge in [-0.2, -0.15) is 0 Å². The fourth-order valence-electron chi connectivity index (χ4n) is 5.72. The molecule has 5 aromatic carbocycles. The molecule has 0 aliphatic heterocycles. The second-order valence-electron chi connectivity index (χ2n) is 11.6. The van der Waals surface area contributed by atoms with Crippen LogP contribution in [0.3, 0.4) is 0 Å². The molecule has 1 heterocycles. The maximum Gasteiger partial charge on any atom is 0.337 e. The van der Waals surface area contributed by atoms with E-state index < -0.39 is 5.97 Å². The van der Waals surface area contributed by atoms with Crippen molar-refractivity contribution in [3.05, 3.63) is 161 Å². The highest BCUT2D eigenvalue weighted by atomic mass is 16.5. The molecule has 0 unspecified atom stereocenters. The minimum absolute atomic E-state index is 0.0199. The van der Waals surface area contributed by atoms with E-state index in [-0.39, 0.29) is 18.3 Å². The largest absolute Gasteiger partial charge is 0.494 e. The molecule has 2 N–H and O–H groups in total. The number of anilines is 1. The van der Waals surface area contributed by atoms with E-state index in [1.165, 1.54) is 7.11 Å². The van der Waals surface area contributed by atoms with E-state index >= 15 is 0 Å². The smallest absolute Gasteiger partial charge is 0.337 e. The van der Waals surface area contributed by atoms with E-state index in [0.29, 0.717) is 46.5 Å². The van der Waals surface area contributed by atoms with Gasteiger partial charge in [-0.25, -0.2) is 9.79 Å². The summed E-state index contributed by atoms with van der Waals surface area (Å²) in [5.74, 6) is -0.550. The molecular formula is C40H36N4O4. The molecule has 0 aliphatic carbocycles. The summed E-state index contributed by atoms with van der Waals surface area (Å²) in [5.41, 5.74) is 6.38. The van der Waals surface area contributed by atoms with Crippen molar-refractivity contribution in [2.24, 2.45) is 4.99 Å². The molecule has 48 heavy (non-hydrogen) atoms. The Hall–Kier alpha value is -5.99. The van der Waals surface area contributed by atoms with Crippen LogP contribution < -0.4 is 4.90 Å². The molecule has 0 aliphatic rings. The molecule has 0 saturated heterocycles. The van der Waals surface area contributed by atoms with Gasteiger partial charge >= 0.3 is 5.97 Å². The first kappa shape index (κ1) is 32.0. The zero-order chi connectivity index (χ0) is 33.5. The van der Waals surface area contributed by atoms with Gasteiger partial charge in [-0.1, -0.05) is 97.1 Å². The third kappa shape index (κ3) is 7.35. The number of aromatic nitrogens is 1. The molecule has 240 valence electrons. The number of carbonyl (C=O) groups excluding carboxylic acids is 2. The number of H-pyrrole nitrogens is 1. The van der Waals surface area contributed by atoms with Crippen LogP contribution in [-0.4, -0.2) is 53.3 Å². The second kappa shape index (κ2) is 14.6. The molecule has 1 amide bonds. The number of aliphatic imine (C=N–C) groups is 1. The number of benzene rings is 5. The molecule has 8 heteroatoms. The van der Waals surface area contributed by atoms with Gasteiger partial charge in [-0.05, 0) is 54.6 Å². The zero-order valence-corrected chi connectivity index (χ0v) is 26.8. The predicted octanol–water partition coefficient (Wildman–Crippen LogP) is 7.49. The standard InChI is InChI=1S/C40H36N4O4/c1-43(25-28-12-6-3-7-13-28)27-36(45)44(26-29-14-8-4-9-15-29)33-21-19-32(20-22-33)41-38(30-16-10-5-11-17-30)37-34-23-18-31(40(47)48-2)24-35(34)42-39(37)46/h3-24,42,46H,25-27H2,1-2H3. The highest BCUT2D eigenvalue weighted by Gasteiger charge is 2.21. The maximum atomic E-state index is 13.8. The number of nitrogens with one attached hydrogen (secondary N) is 1. The van der Waals surface area contributed by atoms with E-state index in [0.717, 1.165) is 22.4 Å². The number of rotatable bonds is 11. The van der Waals surface area contributed by atoms with E-state index in [1.807, 2.05) is 115 Å². The number of fused-ring (bicyclic) bond motifs is 1. The van der Waals surface area contributed by atoms with Crippen molar-refractivity contribution in [2.75, 3.05) is 25.6 Å². The van der Waals surface area contributed by atoms with Crippen LogP contribution in [0.25, 0.3) is 10.9 Å². The first-order chi connectivity index (χ1) is 23.4. The summed E-state index contributed by atoms with van der Waals surface area (Å²) in [5, 5.41) is 11.8. The van der Waals surface area contributed by atoms with Gasteiger partial charge in [0, 0.05) is 28.7 Å². The Morgan fingerprint density at radius 2 is 1.35 bits per heavy atom. The van der Waals surface area contributed by atoms with Crippen molar-refractivity contribution in [1.82, 2.24) is 9.88 Å². The van der Waals surface area contributed by atoms with Crippen LogP contribution in [-0.2, 0) is 22.6 Å². The number of hydrogen-bond donors (Lipinski definition) is 2. The lowest BCUT2D eigenvalue weighted by Gasteiger charge is -2.26. The Morgan fingerprint density at radius 1 is 0.750 bits per heavy atom. The number of carbonyl (C=O) groups is 2. The number of likely N-dealkylation sites (N-methyl/N-ethyl adjacent to an activating group) is 1. The third-order valence-electron chi connectivity index (χ3n) is 8.07. The molecule has 6 rings (SSSR count). The topological polar surface area (TPSA) is 98.2 Å². The lowest BCUT2D eigenvalue weighted by molar-refractivity contribution is -0.119. The third-order valence-corrected chi connectivity index (χ3v) is 8.07. The van der Waals surface area contributed by atoms with Gasteiger partial charge in [0.15, 0.2) is 5.88 Å². The lowest BCUT2D eigenvalue weighted by Crippen LogP contribution is -2.38. The van der Waals surface area contributed by atoms with Crippen molar-refractivity contribution in [1.29, 1.82) is 0 Å². The van der Waals surface area contributed by atoms with Crippen molar-refractivity contribution in [2.45, 2.75) is 13.1 Å². The number of amides is 1. The number of nitrogens with zero attached hydrogens (tertiary/aromatic N) is 3. The molecule has 1 aromatic heterocycles. The van der Waals surface area contributed by atoms with Gasteiger partial charge in [0.25, 0.3) is 0 Å². The van der Waals surface area contributed by atoms with Crippen LogP contribution >= 0.6 is 0 Å². The molecule has 0 bridgehead atoms. The number of hydrogen-bond acceptors (Lipinski definition) is 6. The fourth-order valence-corrected chi connectivity index (χ4v) is 5.72. The Kier molecular flexibility index (Phi) is 9.74. The molecule has 0 fully saturated rings. The second-order valence-corrected chi connectivity index (χ2v) is 11.6. The first-order valence-electron chi connectivity index (χ1n) is 15.6. The minimum atomic E-state index is -0.466. The highest BCUT2D eigenvalue weighted by Crippen LogP contribution is 2.33. The van der Waals surface area contributed by atoms with Gasteiger partial charge in [0.05, 0.1) is 42.7 Å². The lowest BCUT2D eigenvalue weighted by atomic mass is 10.00. The van der Waals surface area contributed by atoms with E-state index in [1.54, 1.807) is 23.1 Å².